The van der Waals surface area contributed by atoms with Gasteiger partial charge in [0.15, 0.2) is 0 Å². The first kappa shape index (κ1) is 23.4. The van der Waals surface area contributed by atoms with Crippen molar-refractivity contribution < 1.29 is 19.1 Å². The summed E-state index contributed by atoms with van der Waals surface area (Å²) in [5.74, 6) is -0.554. The summed E-state index contributed by atoms with van der Waals surface area (Å²) in [5.41, 5.74) is 2.61. The first-order valence-corrected chi connectivity index (χ1v) is 12.0. The molecule has 3 aromatic rings. The summed E-state index contributed by atoms with van der Waals surface area (Å²) in [7, 11) is 1.57. The Labute approximate surface area is 208 Å². The quantitative estimate of drug-likeness (QED) is 0.369. The highest BCUT2D eigenvalue weighted by molar-refractivity contribution is 6.03. The Morgan fingerprint density at radius 2 is 1.94 bits per heavy atom. The highest BCUT2D eigenvalue weighted by atomic mass is 16.5. The second-order valence-corrected chi connectivity index (χ2v) is 9.36. The number of fused-ring (bicyclic) bond motifs is 2. The maximum Gasteiger partial charge on any atom is 0.268 e. The predicted octanol–water partition coefficient (Wildman–Crippen LogP) is 3.21. The van der Waals surface area contributed by atoms with Crippen LogP contribution in [0.5, 0.6) is 5.75 Å². The number of carbonyl (C=O) groups excluding carboxylic acids is 3. The molecule has 5 rings (SSSR count). The molecule has 36 heavy (non-hydrogen) atoms. The molecule has 2 aromatic carbocycles. The number of aromatic amines is 1. The summed E-state index contributed by atoms with van der Waals surface area (Å²) in [6.45, 7) is 0. The molecule has 1 aliphatic carbocycles. The molecule has 184 valence electrons. The van der Waals surface area contributed by atoms with Crippen molar-refractivity contribution in [1.82, 2.24) is 15.6 Å². The fraction of sp³-hybridized carbons (Fsp3) is 0.333. The van der Waals surface area contributed by atoms with E-state index in [0.717, 1.165) is 35.0 Å². The van der Waals surface area contributed by atoms with Crippen molar-refractivity contribution in [3.63, 3.8) is 0 Å². The van der Waals surface area contributed by atoms with E-state index in [2.05, 4.69) is 27.0 Å². The summed E-state index contributed by atoms with van der Waals surface area (Å²) in [4.78, 5) is 41.8. The summed E-state index contributed by atoms with van der Waals surface area (Å²) in [6, 6.07) is 14.9. The third-order valence-corrected chi connectivity index (χ3v) is 6.83. The number of rotatable bonds is 9. The summed E-state index contributed by atoms with van der Waals surface area (Å²) >= 11 is 0. The van der Waals surface area contributed by atoms with Gasteiger partial charge in [0, 0.05) is 16.6 Å². The number of hydrogen-bond donors (Lipinski definition) is 4. The van der Waals surface area contributed by atoms with Crippen LogP contribution in [0.15, 0.2) is 48.5 Å². The van der Waals surface area contributed by atoms with Gasteiger partial charge in [-0.25, -0.2) is 0 Å². The molecule has 0 radical (unpaired) electrons. The van der Waals surface area contributed by atoms with E-state index in [9.17, 15) is 19.6 Å². The number of anilines is 1. The van der Waals surface area contributed by atoms with Gasteiger partial charge in [-0.3, -0.25) is 14.4 Å². The fourth-order valence-electron chi connectivity index (χ4n) is 4.74. The molecule has 0 saturated heterocycles. The standard InChI is InChI=1S/C27H27N5O4/c1-36-24-8-4-7-21-19(24)13-23(30-21)27(35)32-22(11-15-9-10-15)26(34)29-16(14-28)12-18-17-5-2-3-6-20(17)31-25(18)33/h2-8,13,15-16,18,22,30H,9-12H2,1H3,(H,29,34)(H,31,33)(H,32,35)/t16-,18?,22-/m0/s1. The molecular formula is C27H27N5O4. The van der Waals surface area contributed by atoms with Gasteiger partial charge in [-0.2, -0.15) is 5.26 Å². The van der Waals surface area contributed by atoms with Gasteiger partial charge in [0.1, 0.15) is 23.5 Å². The van der Waals surface area contributed by atoms with Crippen LogP contribution >= 0.6 is 0 Å². The lowest BCUT2D eigenvalue weighted by Gasteiger charge is -2.21. The normalized spacial score (nSPS) is 18.0. The molecule has 2 aliphatic rings. The van der Waals surface area contributed by atoms with Crippen molar-refractivity contribution in [3.05, 3.63) is 59.8 Å². The molecule has 1 saturated carbocycles. The Hall–Kier alpha value is -4.32. The number of ether oxygens (including phenoxy) is 1. The lowest BCUT2D eigenvalue weighted by molar-refractivity contribution is -0.124. The molecule has 0 bridgehead atoms. The van der Waals surface area contributed by atoms with Crippen molar-refractivity contribution in [3.8, 4) is 11.8 Å². The van der Waals surface area contributed by atoms with Gasteiger partial charge in [-0.05, 0) is 48.6 Å². The van der Waals surface area contributed by atoms with E-state index in [1.54, 1.807) is 13.2 Å². The van der Waals surface area contributed by atoms with Crippen LogP contribution in [-0.4, -0.2) is 41.9 Å². The van der Waals surface area contributed by atoms with E-state index in [0.29, 0.717) is 23.8 Å². The van der Waals surface area contributed by atoms with Gasteiger partial charge in [0.05, 0.1) is 19.1 Å². The number of carbonyl (C=O) groups is 3. The monoisotopic (exact) mass is 485 g/mol. The van der Waals surface area contributed by atoms with Crippen LogP contribution in [0.3, 0.4) is 0 Å². The van der Waals surface area contributed by atoms with E-state index >= 15 is 0 Å². The van der Waals surface area contributed by atoms with Crippen LogP contribution in [0.1, 0.15) is 47.7 Å². The number of amides is 3. The lowest BCUT2D eigenvalue weighted by atomic mass is 9.93. The zero-order valence-electron chi connectivity index (χ0n) is 19.8. The maximum absolute atomic E-state index is 13.2. The number of benzene rings is 2. The SMILES string of the molecule is COc1cccc2[nH]c(C(=O)N[C@@H](CC3CC3)C(=O)N[C@H](C#N)CC3C(=O)Nc4ccccc43)cc12. The van der Waals surface area contributed by atoms with Crippen molar-refractivity contribution in [2.45, 2.75) is 43.7 Å². The number of methoxy groups -OCH3 is 1. The molecule has 4 N–H and O–H groups in total. The number of H-pyrrole nitrogens is 1. The Morgan fingerprint density at radius 1 is 1.14 bits per heavy atom. The number of hydrogen-bond acceptors (Lipinski definition) is 5. The minimum absolute atomic E-state index is 0.150. The van der Waals surface area contributed by atoms with Crippen molar-refractivity contribution in [2.24, 2.45) is 5.92 Å². The lowest BCUT2D eigenvalue weighted by Crippen LogP contribution is -2.50. The Kier molecular flexibility index (Phi) is 6.34. The number of para-hydroxylation sites is 1. The highest BCUT2D eigenvalue weighted by Gasteiger charge is 2.35. The zero-order valence-corrected chi connectivity index (χ0v) is 19.8. The van der Waals surface area contributed by atoms with Crippen LogP contribution in [0.25, 0.3) is 10.9 Å². The minimum atomic E-state index is -0.879. The molecule has 3 amide bonds. The molecule has 3 atom stereocenters. The maximum atomic E-state index is 13.2. The van der Waals surface area contributed by atoms with Gasteiger partial charge >= 0.3 is 0 Å². The van der Waals surface area contributed by atoms with Gasteiger partial charge in [-0.1, -0.05) is 37.1 Å². The second-order valence-electron chi connectivity index (χ2n) is 9.36. The van der Waals surface area contributed by atoms with E-state index in [-0.39, 0.29) is 12.3 Å². The molecular weight excluding hydrogens is 458 g/mol. The number of nitrogens with one attached hydrogen (secondary N) is 4. The molecule has 1 aromatic heterocycles. The van der Waals surface area contributed by atoms with Crippen LogP contribution in [0.2, 0.25) is 0 Å². The van der Waals surface area contributed by atoms with Gasteiger partial charge in [-0.15, -0.1) is 0 Å². The van der Waals surface area contributed by atoms with Crippen molar-refractivity contribution in [2.75, 3.05) is 12.4 Å². The summed E-state index contributed by atoms with van der Waals surface area (Å²) < 4.78 is 5.37. The van der Waals surface area contributed by atoms with Crippen LogP contribution in [0.4, 0.5) is 5.69 Å². The van der Waals surface area contributed by atoms with E-state index in [1.165, 1.54) is 0 Å². The first-order chi connectivity index (χ1) is 17.5. The fourth-order valence-corrected chi connectivity index (χ4v) is 4.74. The Balaban J connectivity index is 1.28. The van der Waals surface area contributed by atoms with Gasteiger partial charge in [0.2, 0.25) is 11.8 Å². The smallest absolute Gasteiger partial charge is 0.268 e. The molecule has 1 aliphatic heterocycles. The largest absolute Gasteiger partial charge is 0.496 e. The molecule has 2 heterocycles. The second kappa shape index (κ2) is 9.74. The third-order valence-electron chi connectivity index (χ3n) is 6.83. The topological polar surface area (TPSA) is 136 Å². The molecule has 9 nitrogen and oxygen atoms in total. The predicted molar refractivity (Wildman–Crippen MR) is 133 cm³/mol. The average Bonchev–Trinajstić information content (AvgIpc) is 3.50. The van der Waals surface area contributed by atoms with Crippen LogP contribution in [0, 0.1) is 17.2 Å². The summed E-state index contributed by atoms with van der Waals surface area (Å²) in [5, 5.41) is 18.9. The highest BCUT2D eigenvalue weighted by Crippen LogP contribution is 2.36. The van der Waals surface area contributed by atoms with Gasteiger partial charge in [0.25, 0.3) is 5.91 Å². The molecule has 0 spiro atoms. The minimum Gasteiger partial charge on any atom is -0.496 e. The van der Waals surface area contributed by atoms with Crippen molar-refractivity contribution >= 4 is 34.3 Å². The number of nitrogens with zero attached hydrogens (tertiary/aromatic N) is 1. The van der Waals surface area contributed by atoms with E-state index in [1.807, 2.05) is 42.5 Å². The third kappa shape index (κ3) is 4.75. The van der Waals surface area contributed by atoms with Crippen molar-refractivity contribution in [1.29, 1.82) is 5.26 Å². The summed E-state index contributed by atoms with van der Waals surface area (Å²) in [6.07, 6.45) is 2.65. The first-order valence-electron chi connectivity index (χ1n) is 12.0. The Bertz CT molecular complexity index is 1370. The van der Waals surface area contributed by atoms with E-state index < -0.39 is 29.8 Å². The molecule has 1 unspecified atom stereocenters. The van der Waals surface area contributed by atoms with Crippen LogP contribution in [-0.2, 0) is 9.59 Å². The molecule has 1 fully saturated rings. The number of aromatic nitrogens is 1. The van der Waals surface area contributed by atoms with Gasteiger partial charge < -0.3 is 25.7 Å². The average molecular weight is 486 g/mol. The van der Waals surface area contributed by atoms with Crippen LogP contribution < -0.4 is 20.7 Å². The zero-order chi connectivity index (χ0) is 25.2. The number of nitriles is 1. The Morgan fingerprint density at radius 3 is 2.69 bits per heavy atom. The molecule has 9 heteroatoms. The van der Waals surface area contributed by atoms with E-state index in [4.69, 9.17) is 4.74 Å².